The summed E-state index contributed by atoms with van der Waals surface area (Å²) in [6.07, 6.45) is 2.12. The number of nitrogens with zero attached hydrogens (tertiary/aromatic N) is 2. The van der Waals surface area contributed by atoms with Crippen molar-refractivity contribution in [1.82, 2.24) is 14.9 Å². The minimum atomic E-state index is -0.210. The van der Waals surface area contributed by atoms with Crippen molar-refractivity contribution in [3.63, 3.8) is 0 Å². The molecular formula is C23H27N3O2. The molecule has 1 N–H and O–H groups in total. The van der Waals surface area contributed by atoms with Crippen molar-refractivity contribution in [2.24, 2.45) is 0 Å². The van der Waals surface area contributed by atoms with Gasteiger partial charge in [0.2, 0.25) is 5.91 Å². The van der Waals surface area contributed by atoms with E-state index in [0.717, 1.165) is 41.1 Å². The molecule has 5 heteroatoms. The van der Waals surface area contributed by atoms with Gasteiger partial charge in [-0.05, 0) is 57.0 Å². The molecule has 0 radical (unpaired) electrons. The number of para-hydroxylation sites is 2. The number of aromatic nitrogens is 2. The molecule has 0 fully saturated rings. The summed E-state index contributed by atoms with van der Waals surface area (Å²) in [5.41, 5.74) is 4.36. The highest BCUT2D eigenvalue weighted by Gasteiger charge is 2.17. The molecule has 1 heterocycles. The van der Waals surface area contributed by atoms with Crippen LogP contribution in [0.1, 0.15) is 36.3 Å². The van der Waals surface area contributed by atoms with E-state index in [0.29, 0.717) is 6.61 Å². The van der Waals surface area contributed by atoms with Gasteiger partial charge in [0, 0.05) is 6.54 Å². The normalized spacial score (nSPS) is 12.0. The van der Waals surface area contributed by atoms with Crippen LogP contribution in [0.25, 0.3) is 11.0 Å². The van der Waals surface area contributed by atoms with E-state index in [1.165, 1.54) is 11.6 Å². The lowest BCUT2D eigenvalue weighted by atomic mass is 10.1. The van der Waals surface area contributed by atoms with Gasteiger partial charge < -0.3 is 14.6 Å². The molecule has 3 aromatic rings. The van der Waals surface area contributed by atoms with Gasteiger partial charge in [0.05, 0.1) is 23.7 Å². The van der Waals surface area contributed by atoms with Crippen molar-refractivity contribution >= 4 is 16.9 Å². The molecular weight excluding hydrogens is 350 g/mol. The van der Waals surface area contributed by atoms with Crippen LogP contribution in [0.3, 0.4) is 0 Å². The monoisotopic (exact) mass is 377 g/mol. The summed E-state index contributed by atoms with van der Waals surface area (Å²) in [7, 11) is 0. The molecule has 146 valence electrons. The maximum Gasteiger partial charge on any atom is 0.243 e. The summed E-state index contributed by atoms with van der Waals surface area (Å²) >= 11 is 0. The Labute approximate surface area is 166 Å². The number of imidazole rings is 1. The number of benzene rings is 2. The van der Waals surface area contributed by atoms with Crippen LogP contribution in [-0.4, -0.2) is 22.1 Å². The summed E-state index contributed by atoms with van der Waals surface area (Å²) < 4.78 is 8.13. The Morgan fingerprint density at radius 3 is 2.82 bits per heavy atom. The number of aryl methyl sites for hydroxylation is 3. The minimum Gasteiger partial charge on any atom is -0.493 e. The van der Waals surface area contributed by atoms with Crippen molar-refractivity contribution in [1.29, 1.82) is 0 Å². The highest BCUT2D eigenvalue weighted by atomic mass is 16.5. The first-order valence-corrected chi connectivity index (χ1v) is 9.57. The molecule has 0 aliphatic carbocycles. The van der Waals surface area contributed by atoms with Crippen LogP contribution in [0, 0.1) is 13.8 Å². The van der Waals surface area contributed by atoms with Crippen molar-refractivity contribution in [2.75, 3.05) is 6.61 Å². The van der Waals surface area contributed by atoms with Gasteiger partial charge in [0.1, 0.15) is 11.6 Å². The molecule has 0 bridgehead atoms. The third-order valence-corrected chi connectivity index (χ3v) is 4.73. The molecule has 1 amide bonds. The predicted octanol–water partition coefficient (Wildman–Crippen LogP) is 4.49. The number of nitrogens with one attached hydrogen (secondary N) is 1. The van der Waals surface area contributed by atoms with Crippen LogP contribution >= 0.6 is 0 Å². The third-order valence-electron chi connectivity index (χ3n) is 4.73. The zero-order valence-electron chi connectivity index (χ0n) is 16.7. The Kier molecular flexibility index (Phi) is 6.14. The summed E-state index contributed by atoms with van der Waals surface area (Å²) in [4.78, 5) is 16.4. The van der Waals surface area contributed by atoms with Crippen LogP contribution in [0.5, 0.6) is 5.75 Å². The van der Waals surface area contributed by atoms with Gasteiger partial charge in [0.15, 0.2) is 0 Å². The number of carbonyl (C=O) groups is 1. The van der Waals surface area contributed by atoms with Gasteiger partial charge in [-0.3, -0.25) is 4.79 Å². The van der Waals surface area contributed by atoms with Gasteiger partial charge in [-0.2, -0.15) is 0 Å². The second kappa shape index (κ2) is 8.74. The average molecular weight is 377 g/mol. The number of fused-ring (bicyclic) bond motifs is 1. The number of hydrogen-bond donors (Lipinski definition) is 1. The van der Waals surface area contributed by atoms with Gasteiger partial charge in [-0.15, -0.1) is 0 Å². The van der Waals surface area contributed by atoms with Gasteiger partial charge in [-0.25, -0.2) is 4.98 Å². The molecule has 0 saturated carbocycles. The van der Waals surface area contributed by atoms with E-state index < -0.39 is 0 Å². The highest BCUT2D eigenvalue weighted by Crippen LogP contribution is 2.22. The molecule has 1 unspecified atom stereocenters. The molecule has 1 atom stereocenters. The molecule has 0 aliphatic heterocycles. The van der Waals surface area contributed by atoms with E-state index in [1.807, 2.05) is 31.2 Å². The van der Waals surface area contributed by atoms with Crippen LogP contribution in [0.2, 0.25) is 0 Å². The SMILES string of the molecule is C=CC(=O)NC(C)c1nc2ccccc2n1CCCOc1ccc(C)cc1C. The van der Waals surface area contributed by atoms with E-state index in [4.69, 9.17) is 9.72 Å². The predicted molar refractivity (Wildman–Crippen MR) is 113 cm³/mol. The maximum absolute atomic E-state index is 11.7. The zero-order valence-corrected chi connectivity index (χ0v) is 16.7. The summed E-state index contributed by atoms with van der Waals surface area (Å²) in [5.74, 6) is 1.56. The van der Waals surface area contributed by atoms with Gasteiger partial charge >= 0.3 is 0 Å². The first kappa shape index (κ1) is 19.7. The van der Waals surface area contributed by atoms with E-state index >= 15 is 0 Å². The zero-order chi connectivity index (χ0) is 20.1. The van der Waals surface area contributed by atoms with Crippen molar-refractivity contribution < 1.29 is 9.53 Å². The number of carbonyl (C=O) groups excluding carboxylic acids is 1. The average Bonchev–Trinajstić information content (AvgIpc) is 3.05. The van der Waals surface area contributed by atoms with Gasteiger partial charge in [-0.1, -0.05) is 36.4 Å². The standard InChI is InChI=1S/C23H27N3O2/c1-5-22(27)24-18(4)23-25-19-9-6-7-10-20(19)26(23)13-8-14-28-21-12-11-16(2)15-17(21)3/h5-7,9-12,15,18H,1,8,13-14H2,2-4H3,(H,24,27). The molecule has 1 aromatic heterocycles. The molecule has 0 saturated heterocycles. The summed E-state index contributed by atoms with van der Waals surface area (Å²) in [6, 6.07) is 14.0. The Morgan fingerprint density at radius 2 is 2.07 bits per heavy atom. The lowest BCUT2D eigenvalue weighted by molar-refractivity contribution is -0.117. The molecule has 2 aromatic carbocycles. The minimum absolute atomic E-state index is 0.204. The molecule has 28 heavy (non-hydrogen) atoms. The van der Waals surface area contributed by atoms with Gasteiger partial charge in [0.25, 0.3) is 0 Å². The van der Waals surface area contributed by atoms with Crippen molar-refractivity contribution in [3.05, 3.63) is 72.1 Å². The summed E-state index contributed by atoms with van der Waals surface area (Å²) in [6.45, 7) is 11.0. The topological polar surface area (TPSA) is 56.2 Å². The smallest absolute Gasteiger partial charge is 0.243 e. The Bertz CT molecular complexity index is 991. The molecule has 0 aliphatic rings. The quantitative estimate of drug-likeness (QED) is 0.465. The van der Waals surface area contributed by atoms with Crippen LogP contribution < -0.4 is 10.1 Å². The fraction of sp³-hybridized carbons (Fsp3) is 0.304. The van der Waals surface area contributed by atoms with Crippen LogP contribution in [-0.2, 0) is 11.3 Å². The maximum atomic E-state index is 11.7. The second-order valence-corrected chi connectivity index (χ2v) is 7.02. The molecule has 0 spiro atoms. The number of amides is 1. The third kappa shape index (κ3) is 4.42. The second-order valence-electron chi connectivity index (χ2n) is 7.02. The number of rotatable bonds is 8. The Balaban J connectivity index is 1.73. The summed E-state index contributed by atoms with van der Waals surface area (Å²) in [5, 5.41) is 2.90. The van der Waals surface area contributed by atoms with E-state index in [9.17, 15) is 4.79 Å². The van der Waals surface area contributed by atoms with Crippen LogP contribution in [0.4, 0.5) is 0 Å². The largest absolute Gasteiger partial charge is 0.493 e. The number of ether oxygens (including phenoxy) is 1. The lowest BCUT2D eigenvalue weighted by Gasteiger charge is -2.16. The molecule has 5 nitrogen and oxygen atoms in total. The Morgan fingerprint density at radius 1 is 1.29 bits per heavy atom. The first-order valence-electron chi connectivity index (χ1n) is 9.57. The first-order chi connectivity index (χ1) is 13.5. The number of hydrogen-bond acceptors (Lipinski definition) is 3. The van der Waals surface area contributed by atoms with E-state index in [-0.39, 0.29) is 11.9 Å². The fourth-order valence-corrected chi connectivity index (χ4v) is 3.36. The lowest BCUT2D eigenvalue weighted by Crippen LogP contribution is -2.27. The van der Waals surface area contributed by atoms with Crippen molar-refractivity contribution in [2.45, 2.75) is 39.8 Å². The van der Waals surface area contributed by atoms with Crippen molar-refractivity contribution in [3.8, 4) is 5.75 Å². The van der Waals surface area contributed by atoms with E-state index in [1.54, 1.807) is 0 Å². The fourth-order valence-electron chi connectivity index (χ4n) is 3.36. The molecule has 3 rings (SSSR count). The van der Waals surface area contributed by atoms with E-state index in [2.05, 4.69) is 48.5 Å². The highest BCUT2D eigenvalue weighted by molar-refractivity contribution is 5.87. The van der Waals surface area contributed by atoms with Crippen LogP contribution in [0.15, 0.2) is 55.1 Å². The Hall–Kier alpha value is -3.08.